The van der Waals surface area contributed by atoms with Crippen molar-refractivity contribution < 1.29 is 4.74 Å². The van der Waals surface area contributed by atoms with Gasteiger partial charge in [0.15, 0.2) is 11.5 Å². The molecule has 3 rings (SSSR count). The van der Waals surface area contributed by atoms with Crippen LogP contribution in [0.5, 0.6) is 5.75 Å². The Labute approximate surface area is 124 Å². The lowest BCUT2D eigenvalue weighted by molar-refractivity contribution is 0.416. The summed E-state index contributed by atoms with van der Waals surface area (Å²) >= 11 is 5.88. The molecule has 0 amide bonds. The maximum atomic E-state index is 9.22. The molecule has 21 heavy (non-hydrogen) atoms. The molecule has 8 heteroatoms. The van der Waals surface area contributed by atoms with E-state index in [9.17, 15) is 5.26 Å². The van der Waals surface area contributed by atoms with Crippen LogP contribution < -0.4 is 10.1 Å². The number of rotatable bonds is 3. The van der Waals surface area contributed by atoms with E-state index in [-0.39, 0.29) is 5.28 Å². The Morgan fingerprint density at radius 1 is 1.38 bits per heavy atom. The van der Waals surface area contributed by atoms with E-state index in [1.54, 1.807) is 18.2 Å². The summed E-state index contributed by atoms with van der Waals surface area (Å²) in [4.78, 5) is 15.1. The zero-order valence-electron chi connectivity index (χ0n) is 10.9. The Hall–Kier alpha value is -2.85. The van der Waals surface area contributed by atoms with Gasteiger partial charge in [-0.2, -0.15) is 15.2 Å². The largest absolute Gasteiger partial charge is 0.495 e. The molecule has 0 fully saturated rings. The highest BCUT2D eigenvalue weighted by atomic mass is 35.5. The number of methoxy groups -OCH3 is 1. The number of ether oxygens (including phenoxy) is 1. The number of nitrogens with zero attached hydrogens (tertiary/aromatic N) is 4. The molecule has 2 heterocycles. The minimum Gasteiger partial charge on any atom is -0.495 e. The van der Waals surface area contributed by atoms with Crippen LogP contribution in [0.2, 0.25) is 5.28 Å². The molecule has 0 atom stereocenters. The van der Waals surface area contributed by atoms with E-state index in [0.717, 1.165) is 0 Å². The second-order valence-electron chi connectivity index (χ2n) is 4.06. The van der Waals surface area contributed by atoms with Crippen LogP contribution in [0.4, 0.5) is 11.5 Å². The van der Waals surface area contributed by atoms with E-state index in [1.165, 1.54) is 13.4 Å². The maximum absolute atomic E-state index is 9.22. The maximum Gasteiger partial charge on any atom is 0.226 e. The molecular weight excluding hydrogens is 292 g/mol. The number of nitrogens with one attached hydrogen (secondary N) is 2. The SMILES string of the molecule is COc1cccc(C#N)c1Nc1nc(Cl)nc2nc[nH]c12. The van der Waals surface area contributed by atoms with Crippen LogP contribution in [0.1, 0.15) is 5.56 Å². The van der Waals surface area contributed by atoms with Crippen molar-refractivity contribution in [2.75, 3.05) is 12.4 Å². The van der Waals surface area contributed by atoms with E-state index >= 15 is 0 Å². The molecule has 0 unspecified atom stereocenters. The van der Waals surface area contributed by atoms with Gasteiger partial charge >= 0.3 is 0 Å². The van der Waals surface area contributed by atoms with Crippen molar-refractivity contribution >= 4 is 34.3 Å². The number of fused-ring (bicyclic) bond motifs is 1. The first-order valence-electron chi connectivity index (χ1n) is 5.93. The van der Waals surface area contributed by atoms with Crippen molar-refractivity contribution in [1.29, 1.82) is 5.26 Å². The van der Waals surface area contributed by atoms with Crippen molar-refractivity contribution in [2.24, 2.45) is 0 Å². The number of halogens is 1. The average Bonchev–Trinajstić information content (AvgIpc) is 2.95. The van der Waals surface area contributed by atoms with Gasteiger partial charge < -0.3 is 15.0 Å². The molecule has 2 N–H and O–H groups in total. The molecule has 3 aromatic rings. The number of hydrogen-bond acceptors (Lipinski definition) is 6. The Kier molecular flexibility index (Phi) is 3.30. The van der Waals surface area contributed by atoms with E-state index < -0.39 is 0 Å². The summed E-state index contributed by atoms with van der Waals surface area (Å²) in [5.41, 5.74) is 1.96. The molecule has 0 aliphatic heterocycles. The van der Waals surface area contributed by atoms with Crippen molar-refractivity contribution in [2.45, 2.75) is 0 Å². The van der Waals surface area contributed by atoms with Crippen LogP contribution in [-0.4, -0.2) is 27.0 Å². The summed E-state index contributed by atoms with van der Waals surface area (Å²) in [5, 5.41) is 12.3. The summed E-state index contributed by atoms with van der Waals surface area (Å²) in [6.45, 7) is 0. The normalized spacial score (nSPS) is 10.3. The van der Waals surface area contributed by atoms with E-state index in [4.69, 9.17) is 16.3 Å². The topological polar surface area (TPSA) is 99.5 Å². The van der Waals surface area contributed by atoms with Crippen LogP contribution in [0.25, 0.3) is 11.2 Å². The van der Waals surface area contributed by atoms with Crippen LogP contribution in [-0.2, 0) is 0 Å². The third-order valence-electron chi connectivity index (χ3n) is 2.87. The van der Waals surface area contributed by atoms with Gasteiger partial charge in [0.05, 0.1) is 19.0 Å². The van der Waals surface area contributed by atoms with Crippen LogP contribution >= 0.6 is 11.6 Å². The number of nitriles is 1. The molecule has 7 nitrogen and oxygen atoms in total. The van der Waals surface area contributed by atoms with Gasteiger partial charge in [-0.1, -0.05) is 6.07 Å². The number of para-hydroxylation sites is 1. The molecule has 0 saturated carbocycles. The Morgan fingerprint density at radius 3 is 3.00 bits per heavy atom. The van der Waals surface area contributed by atoms with Crippen LogP contribution in [0, 0.1) is 11.3 Å². The molecule has 0 saturated heterocycles. The molecule has 0 spiro atoms. The number of H-pyrrole nitrogens is 1. The second-order valence-corrected chi connectivity index (χ2v) is 4.40. The van der Waals surface area contributed by atoms with Crippen LogP contribution in [0.15, 0.2) is 24.5 Å². The van der Waals surface area contributed by atoms with Gasteiger partial charge in [0.25, 0.3) is 0 Å². The molecule has 0 aliphatic carbocycles. The molecular formula is C13H9ClN6O. The van der Waals surface area contributed by atoms with Crippen molar-refractivity contribution in [3.63, 3.8) is 0 Å². The zero-order chi connectivity index (χ0) is 14.8. The van der Waals surface area contributed by atoms with E-state index in [0.29, 0.717) is 34.0 Å². The fourth-order valence-electron chi connectivity index (χ4n) is 1.94. The number of anilines is 2. The third-order valence-corrected chi connectivity index (χ3v) is 3.04. The lowest BCUT2D eigenvalue weighted by atomic mass is 10.1. The summed E-state index contributed by atoms with van der Waals surface area (Å²) in [7, 11) is 1.53. The van der Waals surface area contributed by atoms with Gasteiger partial charge in [-0.3, -0.25) is 0 Å². The third kappa shape index (κ3) is 2.32. The molecule has 104 valence electrons. The first-order valence-corrected chi connectivity index (χ1v) is 6.31. The van der Waals surface area contributed by atoms with Gasteiger partial charge in [0.1, 0.15) is 23.0 Å². The minimum atomic E-state index is 0.0607. The molecule has 2 aromatic heterocycles. The van der Waals surface area contributed by atoms with Gasteiger partial charge in [-0.15, -0.1) is 0 Å². The van der Waals surface area contributed by atoms with Crippen molar-refractivity contribution in [3.8, 4) is 11.8 Å². The lowest BCUT2D eigenvalue weighted by Gasteiger charge is -2.12. The minimum absolute atomic E-state index is 0.0607. The predicted molar refractivity (Wildman–Crippen MR) is 77.7 cm³/mol. The van der Waals surface area contributed by atoms with Gasteiger partial charge in [-0.25, -0.2) is 4.98 Å². The van der Waals surface area contributed by atoms with Crippen molar-refractivity contribution in [1.82, 2.24) is 19.9 Å². The summed E-state index contributed by atoms with van der Waals surface area (Å²) < 4.78 is 5.27. The van der Waals surface area contributed by atoms with E-state index in [2.05, 4.69) is 31.3 Å². The lowest BCUT2D eigenvalue weighted by Crippen LogP contribution is -2.01. The van der Waals surface area contributed by atoms with Gasteiger partial charge in [0.2, 0.25) is 5.28 Å². The highest BCUT2D eigenvalue weighted by Crippen LogP contribution is 2.32. The quantitative estimate of drug-likeness (QED) is 0.721. The Bertz CT molecular complexity index is 853. The average molecular weight is 301 g/mol. The fourth-order valence-corrected chi connectivity index (χ4v) is 2.10. The molecule has 0 aliphatic rings. The number of aromatic nitrogens is 4. The molecule has 0 radical (unpaired) electrons. The van der Waals surface area contributed by atoms with Crippen LogP contribution in [0.3, 0.4) is 0 Å². The summed E-state index contributed by atoms with van der Waals surface area (Å²) in [6, 6.07) is 7.26. The Balaban J connectivity index is 2.15. The number of imidazole rings is 1. The number of aromatic amines is 1. The van der Waals surface area contributed by atoms with Gasteiger partial charge in [0, 0.05) is 0 Å². The second kappa shape index (κ2) is 5.26. The highest BCUT2D eigenvalue weighted by Gasteiger charge is 2.14. The Morgan fingerprint density at radius 2 is 2.24 bits per heavy atom. The number of hydrogen-bond donors (Lipinski definition) is 2. The first-order chi connectivity index (χ1) is 10.2. The highest BCUT2D eigenvalue weighted by molar-refractivity contribution is 6.28. The standard InChI is InChI=1S/C13H9ClN6O/c1-21-8-4-2-3-7(5-15)9(8)18-12-10-11(17-6-16-10)19-13(14)20-12/h2-4,6H,1H3,(H2,16,17,18,19,20). The predicted octanol–water partition coefficient (Wildman–Crippen LogP) is 2.63. The van der Waals surface area contributed by atoms with Gasteiger partial charge in [-0.05, 0) is 23.7 Å². The smallest absolute Gasteiger partial charge is 0.226 e. The first kappa shape index (κ1) is 13.1. The molecule has 0 bridgehead atoms. The zero-order valence-corrected chi connectivity index (χ0v) is 11.6. The number of benzene rings is 1. The summed E-state index contributed by atoms with van der Waals surface area (Å²) in [6.07, 6.45) is 1.49. The monoisotopic (exact) mass is 300 g/mol. The molecule has 1 aromatic carbocycles. The fraction of sp³-hybridized carbons (Fsp3) is 0.0769. The van der Waals surface area contributed by atoms with Crippen molar-refractivity contribution in [3.05, 3.63) is 35.4 Å². The summed E-state index contributed by atoms with van der Waals surface area (Å²) in [5.74, 6) is 0.944. The van der Waals surface area contributed by atoms with E-state index in [1.807, 2.05) is 0 Å².